The second-order valence-electron chi connectivity index (χ2n) is 5.34. The Hall–Kier alpha value is -0.990. The molecule has 0 aromatic heterocycles. The van der Waals surface area contributed by atoms with Crippen LogP contribution in [0.1, 0.15) is 45.4 Å². The van der Waals surface area contributed by atoms with Crippen molar-refractivity contribution < 1.29 is 0 Å². The molecular formula is C13H31N4P. The molecule has 0 heterocycles. The van der Waals surface area contributed by atoms with Crippen molar-refractivity contribution in [2.24, 2.45) is 11.5 Å². The normalized spacial score (nSPS) is 9.67. The minimum Gasteiger partial charge on any atom is -0.337 e. The van der Waals surface area contributed by atoms with E-state index in [4.69, 9.17) is 10.5 Å². The SMILES string of the molecule is CCCCCCCC[PH](C)(C)C.N#CN.N#CN. The number of nitriles is 2. The topological polar surface area (TPSA) is 99.6 Å². The molecule has 0 aromatic rings. The molecule has 0 fully saturated rings. The third-order valence-electron chi connectivity index (χ3n) is 2.28. The van der Waals surface area contributed by atoms with Crippen LogP contribution in [-0.4, -0.2) is 26.2 Å². The van der Waals surface area contributed by atoms with Crippen LogP contribution in [0.3, 0.4) is 0 Å². The molecule has 0 amide bonds. The summed E-state index contributed by atoms with van der Waals surface area (Å²) in [5.74, 6) is 0. The van der Waals surface area contributed by atoms with Crippen molar-refractivity contribution in [2.45, 2.75) is 45.4 Å². The van der Waals surface area contributed by atoms with Gasteiger partial charge in [-0.1, -0.05) is 0 Å². The second-order valence-corrected chi connectivity index (χ2v) is 11.0. The Labute approximate surface area is 114 Å². The van der Waals surface area contributed by atoms with Crippen molar-refractivity contribution in [3.8, 4) is 12.4 Å². The number of unbranched alkanes of at least 4 members (excludes halogenated alkanes) is 5. The quantitative estimate of drug-likeness (QED) is 0.322. The van der Waals surface area contributed by atoms with Crippen molar-refractivity contribution in [1.29, 1.82) is 10.5 Å². The molecule has 0 atom stereocenters. The van der Waals surface area contributed by atoms with Gasteiger partial charge in [-0.25, -0.2) is 0 Å². The summed E-state index contributed by atoms with van der Waals surface area (Å²) in [5, 5.41) is 14.2. The molecule has 0 saturated heterocycles. The Balaban J connectivity index is -0.000000315. The van der Waals surface area contributed by atoms with E-state index in [1.165, 1.54) is 57.1 Å². The van der Waals surface area contributed by atoms with E-state index in [9.17, 15) is 0 Å². The summed E-state index contributed by atoms with van der Waals surface area (Å²) in [6.07, 6.45) is 12.7. The minimum atomic E-state index is -0.726. The van der Waals surface area contributed by atoms with Gasteiger partial charge >= 0.3 is 78.9 Å². The third-order valence-corrected chi connectivity index (χ3v) is 4.13. The smallest absolute Gasteiger partial charge is 0.173 e. The molecule has 4 N–H and O–H groups in total. The molecule has 5 heteroatoms. The standard InChI is InChI=1S/C11H27P.2CH2N2/c1-5-6-7-8-9-10-11-12(2,3)4;2*2-1-3/h12H,5-11H2,1-4H3;2*2H2. The summed E-state index contributed by atoms with van der Waals surface area (Å²) in [5.41, 5.74) is 8.31. The molecule has 0 aliphatic heterocycles. The fourth-order valence-corrected chi connectivity index (χ4v) is 2.75. The summed E-state index contributed by atoms with van der Waals surface area (Å²) in [7, 11) is -0.726. The van der Waals surface area contributed by atoms with E-state index in [1.807, 2.05) is 0 Å². The van der Waals surface area contributed by atoms with Crippen LogP contribution in [0.2, 0.25) is 0 Å². The van der Waals surface area contributed by atoms with Gasteiger partial charge in [0.05, 0.1) is 0 Å². The van der Waals surface area contributed by atoms with Crippen molar-refractivity contribution in [1.82, 2.24) is 0 Å². The maximum absolute atomic E-state index is 7.10. The van der Waals surface area contributed by atoms with Gasteiger partial charge in [0.15, 0.2) is 12.4 Å². The van der Waals surface area contributed by atoms with Gasteiger partial charge in [-0.15, -0.1) is 0 Å². The third kappa shape index (κ3) is 45.9. The first-order valence-electron chi connectivity index (χ1n) is 6.59. The molecule has 0 aliphatic carbocycles. The predicted octanol–water partition coefficient (Wildman–Crippen LogP) is 2.84. The van der Waals surface area contributed by atoms with Crippen LogP contribution in [0.4, 0.5) is 0 Å². The van der Waals surface area contributed by atoms with Gasteiger partial charge in [0.25, 0.3) is 0 Å². The Morgan fingerprint density at radius 1 is 0.833 bits per heavy atom. The average Bonchev–Trinajstić information content (AvgIpc) is 2.24. The number of hydrogen-bond acceptors (Lipinski definition) is 4. The number of hydrogen-bond donors (Lipinski definition) is 2. The summed E-state index contributed by atoms with van der Waals surface area (Å²) in [6.45, 7) is 9.69. The minimum absolute atomic E-state index is 0.726. The van der Waals surface area contributed by atoms with Crippen molar-refractivity contribution in [2.75, 3.05) is 26.2 Å². The number of rotatable bonds is 7. The largest absolute Gasteiger partial charge is 0.337 e. The predicted molar refractivity (Wildman–Crippen MR) is 83.9 cm³/mol. The maximum Gasteiger partial charge on any atom is 0.173 e. The second kappa shape index (κ2) is 18.4. The fraction of sp³-hybridized carbons (Fsp3) is 0.846. The molecule has 0 aromatic carbocycles. The van der Waals surface area contributed by atoms with Crippen LogP contribution in [0, 0.1) is 22.9 Å². The van der Waals surface area contributed by atoms with Gasteiger partial charge in [0.2, 0.25) is 0 Å². The Morgan fingerprint density at radius 3 is 1.50 bits per heavy atom. The fourth-order valence-electron chi connectivity index (χ4n) is 1.44. The van der Waals surface area contributed by atoms with Crippen molar-refractivity contribution in [3.63, 3.8) is 0 Å². The molecule has 0 radical (unpaired) electrons. The zero-order chi connectivity index (χ0) is 14.9. The number of nitrogens with zero attached hydrogens (tertiary/aromatic N) is 2. The Bertz CT molecular complexity index is 211. The average molecular weight is 274 g/mol. The van der Waals surface area contributed by atoms with Crippen LogP contribution in [0.5, 0.6) is 0 Å². The summed E-state index contributed by atoms with van der Waals surface area (Å²) >= 11 is 0. The zero-order valence-electron chi connectivity index (χ0n) is 12.5. The van der Waals surface area contributed by atoms with Gasteiger partial charge < -0.3 is 11.5 Å². The summed E-state index contributed by atoms with van der Waals surface area (Å²) in [6, 6.07) is 0. The molecule has 0 rings (SSSR count). The molecule has 108 valence electrons. The molecule has 0 unspecified atom stereocenters. The van der Waals surface area contributed by atoms with E-state index in [0.717, 1.165) is 0 Å². The van der Waals surface area contributed by atoms with Crippen LogP contribution in [-0.2, 0) is 0 Å². The van der Waals surface area contributed by atoms with E-state index < -0.39 is 7.26 Å². The van der Waals surface area contributed by atoms with Crippen LogP contribution in [0.15, 0.2) is 0 Å². The van der Waals surface area contributed by atoms with E-state index in [0.29, 0.717) is 0 Å². The van der Waals surface area contributed by atoms with E-state index in [2.05, 4.69) is 38.4 Å². The van der Waals surface area contributed by atoms with Crippen LogP contribution >= 0.6 is 7.26 Å². The zero-order valence-corrected chi connectivity index (χ0v) is 13.5. The first kappa shape index (κ1) is 22.2. The van der Waals surface area contributed by atoms with E-state index in [-0.39, 0.29) is 0 Å². The summed E-state index contributed by atoms with van der Waals surface area (Å²) in [4.78, 5) is 0. The van der Waals surface area contributed by atoms with Gasteiger partial charge in [-0.3, -0.25) is 0 Å². The first-order chi connectivity index (χ1) is 8.39. The van der Waals surface area contributed by atoms with Crippen molar-refractivity contribution >= 4 is 7.26 Å². The van der Waals surface area contributed by atoms with Crippen LogP contribution < -0.4 is 11.5 Å². The maximum atomic E-state index is 7.10. The number of nitrogens with two attached hydrogens (primary N) is 2. The Morgan fingerprint density at radius 2 is 1.17 bits per heavy atom. The summed E-state index contributed by atoms with van der Waals surface area (Å²) < 4.78 is 0. The van der Waals surface area contributed by atoms with E-state index in [1.54, 1.807) is 0 Å². The van der Waals surface area contributed by atoms with Crippen molar-refractivity contribution in [3.05, 3.63) is 0 Å². The molecule has 0 bridgehead atoms. The Kier molecular flexibility index (Phi) is 22.7. The molecule has 0 saturated carbocycles. The molecule has 4 nitrogen and oxygen atoms in total. The van der Waals surface area contributed by atoms with Gasteiger partial charge in [-0.2, -0.15) is 10.5 Å². The van der Waals surface area contributed by atoms with Gasteiger partial charge in [-0.05, 0) is 0 Å². The monoisotopic (exact) mass is 274 g/mol. The van der Waals surface area contributed by atoms with Crippen LogP contribution in [0.25, 0.3) is 0 Å². The van der Waals surface area contributed by atoms with Gasteiger partial charge in [0, 0.05) is 0 Å². The first-order valence-corrected chi connectivity index (χ1v) is 10.3. The molecule has 0 aliphatic rings. The van der Waals surface area contributed by atoms with Gasteiger partial charge in [0.1, 0.15) is 0 Å². The molecule has 0 spiro atoms. The molecular weight excluding hydrogens is 243 g/mol. The van der Waals surface area contributed by atoms with E-state index >= 15 is 0 Å². The molecule has 18 heavy (non-hydrogen) atoms.